The highest BCUT2D eigenvalue weighted by Crippen LogP contribution is 2.41. The Morgan fingerprint density at radius 2 is 1.70 bits per heavy atom. The van der Waals surface area contributed by atoms with Crippen LogP contribution in [-0.2, 0) is 15.4 Å². The van der Waals surface area contributed by atoms with Crippen LogP contribution < -0.4 is 19.5 Å². The van der Waals surface area contributed by atoms with Crippen LogP contribution in [0.1, 0.15) is 34.6 Å². The summed E-state index contributed by atoms with van der Waals surface area (Å²) in [4.78, 5) is 13.6. The molecule has 3 aromatic carbocycles. The Hall–Kier alpha value is -3.27. The molecule has 4 rings (SSSR count). The molecule has 0 fully saturated rings. The molecule has 0 aliphatic heterocycles. The second kappa shape index (κ2) is 10.2. The second-order valence-corrected chi connectivity index (χ2v) is 12.4. The zero-order valence-electron chi connectivity index (χ0n) is 21.0. The number of ether oxygens (including phenoxy) is 2. The number of carbonyl (C=O) groups is 1. The van der Waals surface area contributed by atoms with Gasteiger partial charge in [-0.15, -0.1) is 11.3 Å². The lowest BCUT2D eigenvalue weighted by Crippen LogP contribution is -2.21. The van der Waals surface area contributed by atoms with Crippen molar-refractivity contribution in [1.82, 2.24) is 0 Å². The lowest BCUT2D eigenvalue weighted by atomic mass is 9.77. The van der Waals surface area contributed by atoms with E-state index in [2.05, 4.69) is 23.9 Å². The highest BCUT2D eigenvalue weighted by Gasteiger charge is 2.28. The second-order valence-electron chi connectivity index (χ2n) is 9.11. The van der Waals surface area contributed by atoms with E-state index in [0.29, 0.717) is 32.8 Å². The summed E-state index contributed by atoms with van der Waals surface area (Å²) in [5.41, 5.74) is 2.34. The molecular weight excluding hydrogens is 532 g/mol. The van der Waals surface area contributed by atoms with Crippen LogP contribution >= 0.6 is 22.9 Å². The Balaban J connectivity index is 1.62. The van der Waals surface area contributed by atoms with Crippen molar-refractivity contribution in [2.75, 3.05) is 30.5 Å². The molecule has 0 saturated heterocycles. The van der Waals surface area contributed by atoms with Crippen molar-refractivity contribution in [3.63, 3.8) is 0 Å². The molecule has 0 radical (unpaired) electrons. The van der Waals surface area contributed by atoms with Gasteiger partial charge in [0.25, 0.3) is 5.91 Å². The van der Waals surface area contributed by atoms with Gasteiger partial charge in [0, 0.05) is 38.1 Å². The number of sulfonamides is 1. The molecule has 0 bridgehead atoms. The van der Waals surface area contributed by atoms with Gasteiger partial charge in [-0.1, -0.05) is 31.5 Å². The summed E-state index contributed by atoms with van der Waals surface area (Å²) in [6.45, 7) is 4.12. The monoisotopic (exact) mass is 558 g/mol. The van der Waals surface area contributed by atoms with Crippen molar-refractivity contribution in [1.29, 1.82) is 0 Å². The minimum absolute atomic E-state index is 0.285. The quantitative estimate of drug-likeness (QED) is 0.257. The summed E-state index contributed by atoms with van der Waals surface area (Å²) in [6.07, 6.45) is 1.09. The van der Waals surface area contributed by atoms with Gasteiger partial charge in [-0.2, -0.15) is 0 Å². The molecule has 1 amide bonds. The van der Waals surface area contributed by atoms with E-state index in [1.165, 1.54) is 11.3 Å². The minimum atomic E-state index is -3.40. The molecule has 0 unspecified atom stereocenters. The fraction of sp³-hybridized carbons (Fsp3) is 0.222. The number of methoxy groups -OCH3 is 2. The van der Waals surface area contributed by atoms with Gasteiger partial charge in [0.15, 0.2) is 0 Å². The van der Waals surface area contributed by atoms with Gasteiger partial charge >= 0.3 is 0 Å². The molecule has 0 atom stereocenters. The lowest BCUT2D eigenvalue weighted by Gasteiger charge is -2.29. The van der Waals surface area contributed by atoms with Crippen LogP contribution in [0.2, 0.25) is 5.02 Å². The zero-order chi connectivity index (χ0) is 27.0. The van der Waals surface area contributed by atoms with Gasteiger partial charge < -0.3 is 14.8 Å². The van der Waals surface area contributed by atoms with Crippen LogP contribution in [0.4, 0.5) is 11.4 Å². The number of rotatable bonds is 8. The molecule has 1 heterocycles. The fourth-order valence-electron chi connectivity index (χ4n) is 4.12. The van der Waals surface area contributed by atoms with E-state index in [-0.39, 0.29) is 5.91 Å². The van der Waals surface area contributed by atoms with Crippen molar-refractivity contribution < 1.29 is 22.7 Å². The maximum atomic E-state index is 13.1. The molecule has 7 nitrogen and oxygen atoms in total. The van der Waals surface area contributed by atoms with Crippen LogP contribution in [0.3, 0.4) is 0 Å². The van der Waals surface area contributed by atoms with E-state index in [9.17, 15) is 13.2 Å². The third-order valence-corrected chi connectivity index (χ3v) is 7.94. The van der Waals surface area contributed by atoms with E-state index in [0.717, 1.165) is 27.5 Å². The molecule has 0 spiro atoms. The summed E-state index contributed by atoms with van der Waals surface area (Å²) >= 11 is 7.79. The number of halogens is 1. The molecule has 0 aliphatic carbocycles. The van der Waals surface area contributed by atoms with Crippen LogP contribution in [0.25, 0.3) is 10.1 Å². The van der Waals surface area contributed by atoms with Gasteiger partial charge in [0.05, 0.1) is 25.4 Å². The topological polar surface area (TPSA) is 93.7 Å². The van der Waals surface area contributed by atoms with Crippen LogP contribution in [0, 0.1) is 0 Å². The highest BCUT2D eigenvalue weighted by molar-refractivity contribution is 7.92. The molecule has 2 N–H and O–H groups in total. The van der Waals surface area contributed by atoms with Crippen molar-refractivity contribution in [3.8, 4) is 11.5 Å². The van der Waals surface area contributed by atoms with Crippen LogP contribution in [0.5, 0.6) is 11.5 Å². The molecule has 194 valence electrons. The Morgan fingerprint density at radius 3 is 2.38 bits per heavy atom. The van der Waals surface area contributed by atoms with Crippen LogP contribution in [0.15, 0.2) is 60.7 Å². The number of hydrogen-bond acceptors (Lipinski definition) is 6. The standard InChI is InChI=1S/C27H27ClN2O5S2/c1-27(2,22-8-7-21(34-3)15-23(22)35-4)17-12-18(28)14-20(13-17)29-26(31)25-11-16-10-19(30-37(5,32)33)6-9-24(16)36-25/h6-15,30H,1-5H3,(H,29,31). The molecule has 37 heavy (non-hydrogen) atoms. The molecule has 1 aromatic heterocycles. The van der Waals surface area contributed by atoms with E-state index in [4.69, 9.17) is 21.1 Å². The van der Waals surface area contributed by atoms with Gasteiger partial charge in [-0.3, -0.25) is 9.52 Å². The minimum Gasteiger partial charge on any atom is -0.497 e. The van der Waals surface area contributed by atoms with Crippen molar-refractivity contribution in [2.45, 2.75) is 19.3 Å². The maximum absolute atomic E-state index is 13.1. The Kier molecular flexibility index (Phi) is 7.41. The zero-order valence-corrected chi connectivity index (χ0v) is 23.4. The molecule has 0 saturated carbocycles. The third kappa shape index (κ3) is 6.01. The smallest absolute Gasteiger partial charge is 0.265 e. The molecule has 10 heteroatoms. The van der Waals surface area contributed by atoms with Crippen molar-refractivity contribution >= 4 is 60.3 Å². The van der Waals surface area contributed by atoms with Gasteiger partial charge in [0.2, 0.25) is 10.0 Å². The third-order valence-electron chi connectivity index (χ3n) is 6.00. The summed E-state index contributed by atoms with van der Waals surface area (Å²) in [6, 6.07) is 18.0. The first-order chi connectivity index (χ1) is 17.4. The van der Waals surface area contributed by atoms with Gasteiger partial charge in [-0.05, 0) is 59.5 Å². The maximum Gasteiger partial charge on any atom is 0.265 e. The largest absolute Gasteiger partial charge is 0.497 e. The number of hydrogen-bond donors (Lipinski definition) is 2. The summed E-state index contributed by atoms with van der Waals surface area (Å²) in [5.74, 6) is 1.09. The van der Waals surface area contributed by atoms with E-state index < -0.39 is 15.4 Å². The van der Waals surface area contributed by atoms with Crippen molar-refractivity contribution in [3.05, 3.63) is 81.7 Å². The van der Waals surface area contributed by atoms with Gasteiger partial charge in [0.1, 0.15) is 11.5 Å². The number of fused-ring (bicyclic) bond motifs is 1. The molecule has 4 aromatic rings. The number of amides is 1. The first-order valence-corrected chi connectivity index (χ1v) is 14.3. The fourth-order valence-corrected chi connectivity index (χ4v) is 5.85. The van der Waals surface area contributed by atoms with Gasteiger partial charge in [-0.25, -0.2) is 8.42 Å². The highest BCUT2D eigenvalue weighted by atomic mass is 35.5. The Labute approximate surface area is 225 Å². The Bertz CT molecular complexity index is 1600. The summed E-state index contributed by atoms with van der Waals surface area (Å²) in [7, 11) is -0.178. The van der Waals surface area contributed by atoms with Crippen molar-refractivity contribution in [2.24, 2.45) is 0 Å². The summed E-state index contributed by atoms with van der Waals surface area (Å²) in [5, 5.41) is 4.20. The number of nitrogens with one attached hydrogen (secondary N) is 2. The van der Waals surface area contributed by atoms with E-state index in [1.54, 1.807) is 44.6 Å². The predicted molar refractivity (Wildman–Crippen MR) is 151 cm³/mol. The van der Waals surface area contributed by atoms with E-state index in [1.807, 2.05) is 30.3 Å². The first kappa shape index (κ1) is 26.8. The molecular formula is C27H27ClN2O5S2. The van der Waals surface area contributed by atoms with E-state index >= 15 is 0 Å². The number of carbonyl (C=O) groups excluding carboxylic acids is 1. The average molecular weight is 559 g/mol. The summed E-state index contributed by atoms with van der Waals surface area (Å²) < 4.78 is 37.3. The normalized spacial score (nSPS) is 11.8. The lowest BCUT2D eigenvalue weighted by molar-refractivity contribution is 0.103. The average Bonchev–Trinajstić information content (AvgIpc) is 3.26. The number of anilines is 2. The predicted octanol–water partition coefficient (Wildman–Crippen LogP) is 6.52. The number of thiophene rings is 1. The Morgan fingerprint density at radius 1 is 0.946 bits per heavy atom. The first-order valence-electron chi connectivity index (χ1n) is 11.3. The molecule has 0 aliphatic rings. The SMILES string of the molecule is COc1ccc(C(C)(C)c2cc(Cl)cc(NC(=O)c3cc4cc(NS(C)(=O)=O)ccc4s3)c2)c(OC)c1. The number of benzene rings is 3. The van der Waals surface area contributed by atoms with Crippen LogP contribution in [-0.4, -0.2) is 34.8 Å².